The largest absolute Gasteiger partial charge is 0.385 e. The van der Waals surface area contributed by atoms with E-state index in [1.165, 1.54) is 0 Å². The maximum Gasteiger partial charge on any atom is 0.0927 e. The van der Waals surface area contributed by atoms with Crippen LogP contribution in [0, 0.1) is 11.8 Å². The second kappa shape index (κ2) is 3.82. The molecule has 0 aliphatic heterocycles. The second-order valence-electron chi connectivity index (χ2n) is 4.52. The zero-order chi connectivity index (χ0) is 10.9. The van der Waals surface area contributed by atoms with Gasteiger partial charge in [-0.2, -0.15) is 0 Å². The third-order valence-corrected chi connectivity index (χ3v) is 3.83. The van der Waals surface area contributed by atoms with E-state index in [2.05, 4.69) is 13.5 Å². The van der Waals surface area contributed by atoms with Crippen LogP contribution in [0.5, 0.6) is 0 Å². The van der Waals surface area contributed by atoms with E-state index >= 15 is 0 Å². The van der Waals surface area contributed by atoms with Crippen molar-refractivity contribution in [3.05, 3.63) is 48.6 Å². The molecular formula is C14H18O. The van der Waals surface area contributed by atoms with Crippen LogP contribution in [0.2, 0.25) is 0 Å². The summed E-state index contributed by atoms with van der Waals surface area (Å²) in [6.07, 6.45) is 3.86. The predicted octanol–water partition coefficient (Wildman–Crippen LogP) is 3.11. The van der Waals surface area contributed by atoms with Crippen molar-refractivity contribution in [3.63, 3.8) is 0 Å². The zero-order valence-corrected chi connectivity index (χ0v) is 9.19. The minimum atomic E-state index is -0.653. The lowest BCUT2D eigenvalue weighted by Gasteiger charge is -2.29. The van der Waals surface area contributed by atoms with Crippen molar-refractivity contribution in [3.8, 4) is 0 Å². The molecule has 1 aromatic carbocycles. The summed E-state index contributed by atoms with van der Waals surface area (Å²) >= 11 is 0. The van der Waals surface area contributed by atoms with Crippen LogP contribution in [-0.2, 0) is 5.60 Å². The van der Waals surface area contributed by atoms with E-state index in [4.69, 9.17) is 0 Å². The molecule has 0 amide bonds. The molecule has 0 heterocycles. The van der Waals surface area contributed by atoms with Gasteiger partial charge in [-0.3, -0.25) is 0 Å². The van der Waals surface area contributed by atoms with Crippen LogP contribution < -0.4 is 0 Å². The van der Waals surface area contributed by atoms with Crippen molar-refractivity contribution < 1.29 is 5.11 Å². The highest BCUT2D eigenvalue weighted by Gasteiger charge is 2.44. The Morgan fingerprint density at radius 3 is 2.60 bits per heavy atom. The molecule has 0 bridgehead atoms. The van der Waals surface area contributed by atoms with E-state index < -0.39 is 5.60 Å². The molecule has 15 heavy (non-hydrogen) atoms. The van der Waals surface area contributed by atoms with Crippen LogP contribution in [0.25, 0.3) is 0 Å². The number of aliphatic hydroxyl groups is 1. The number of allylic oxidation sites excluding steroid dienone is 1. The van der Waals surface area contributed by atoms with E-state index in [1.54, 1.807) is 0 Å². The summed E-state index contributed by atoms with van der Waals surface area (Å²) in [7, 11) is 0. The van der Waals surface area contributed by atoms with E-state index in [0.29, 0.717) is 5.92 Å². The topological polar surface area (TPSA) is 20.2 Å². The van der Waals surface area contributed by atoms with Gasteiger partial charge in [0.05, 0.1) is 5.60 Å². The van der Waals surface area contributed by atoms with Crippen LogP contribution >= 0.6 is 0 Å². The SMILES string of the molecule is C=C[C@@H]1CC[C@](O)(c2ccccc2)[C@H]1C. The van der Waals surface area contributed by atoms with E-state index in [9.17, 15) is 5.11 Å². The lowest BCUT2D eigenvalue weighted by atomic mass is 9.82. The Morgan fingerprint density at radius 1 is 1.40 bits per heavy atom. The normalized spacial score (nSPS) is 35.3. The lowest BCUT2D eigenvalue weighted by Crippen LogP contribution is -2.30. The van der Waals surface area contributed by atoms with Crippen LogP contribution in [0.1, 0.15) is 25.3 Å². The number of rotatable bonds is 2. The summed E-state index contributed by atoms with van der Waals surface area (Å²) in [5, 5.41) is 10.7. The van der Waals surface area contributed by atoms with E-state index in [1.807, 2.05) is 36.4 Å². The first-order chi connectivity index (χ1) is 7.18. The Morgan fingerprint density at radius 2 is 2.07 bits per heavy atom. The summed E-state index contributed by atoms with van der Waals surface area (Å²) in [6, 6.07) is 9.99. The average molecular weight is 202 g/mol. The molecule has 0 radical (unpaired) electrons. The number of hydrogen-bond donors (Lipinski definition) is 1. The first-order valence-corrected chi connectivity index (χ1v) is 5.59. The Hall–Kier alpha value is -1.08. The Labute approximate surface area is 91.4 Å². The highest BCUT2D eigenvalue weighted by atomic mass is 16.3. The fourth-order valence-electron chi connectivity index (χ4n) is 2.67. The minimum absolute atomic E-state index is 0.261. The van der Waals surface area contributed by atoms with Crippen molar-refractivity contribution >= 4 is 0 Å². The van der Waals surface area contributed by atoms with Gasteiger partial charge in [-0.1, -0.05) is 43.3 Å². The molecule has 1 fully saturated rings. The van der Waals surface area contributed by atoms with Crippen LogP contribution in [0.4, 0.5) is 0 Å². The maximum atomic E-state index is 10.7. The molecule has 1 saturated carbocycles. The minimum Gasteiger partial charge on any atom is -0.385 e. The highest BCUT2D eigenvalue weighted by Crippen LogP contribution is 2.46. The monoisotopic (exact) mass is 202 g/mol. The van der Waals surface area contributed by atoms with Gasteiger partial charge in [-0.05, 0) is 30.2 Å². The Bertz CT molecular complexity index is 344. The lowest BCUT2D eigenvalue weighted by molar-refractivity contribution is -0.00118. The van der Waals surface area contributed by atoms with Gasteiger partial charge in [-0.15, -0.1) is 6.58 Å². The summed E-state index contributed by atoms with van der Waals surface area (Å²) in [4.78, 5) is 0. The molecule has 80 valence electrons. The molecular weight excluding hydrogens is 184 g/mol. The molecule has 1 nitrogen and oxygen atoms in total. The van der Waals surface area contributed by atoms with Gasteiger partial charge < -0.3 is 5.11 Å². The fraction of sp³-hybridized carbons (Fsp3) is 0.429. The number of hydrogen-bond acceptors (Lipinski definition) is 1. The average Bonchev–Trinajstić information content (AvgIpc) is 2.58. The molecule has 0 aromatic heterocycles. The standard InChI is InChI=1S/C14H18O/c1-3-12-9-10-14(15,11(12)2)13-7-5-4-6-8-13/h3-8,11-12,15H,1,9-10H2,2H3/t11-,12+,14+/m0/s1. The van der Waals surface area contributed by atoms with Crippen molar-refractivity contribution in [1.29, 1.82) is 0 Å². The van der Waals surface area contributed by atoms with Crippen molar-refractivity contribution in [2.75, 3.05) is 0 Å². The number of benzene rings is 1. The molecule has 1 N–H and O–H groups in total. The van der Waals surface area contributed by atoms with E-state index in [-0.39, 0.29) is 5.92 Å². The third-order valence-electron chi connectivity index (χ3n) is 3.83. The van der Waals surface area contributed by atoms with Crippen molar-refractivity contribution in [1.82, 2.24) is 0 Å². The molecule has 1 aromatic rings. The van der Waals surface area contributed by atoms with Gasteiger partial charge in [0.25, 0.3) is 0 Å². The summed E-state index contributed by atoms with van der Waals surface area (Å²) < 4.78 is 0. The quantitative estimate of drug-likeness (QED) is 0.731. The molecule has 2 rings (SSSR count). The van der Waals surface area contributed by atoms with Crippen LogP contribution in [0.3, 0.4) is 0 Å². The Balaban J connectivity index is 2.32. The van der Waals surface area contributed by atoms with Crippen LogP contribution in [-0.4, -0.2) is 5.11 Å². The maximum absolute atomic E-state index is 10.7. The molecule has 0 spiro atoms. The van der Waals surface area contributed by atoms with Crippen molar-refractivity contribution in [2.45, 2.75) is 25.4 Å². The second-order valence-corrected chi connectivity index (χ2v) is 4.52. The van der Waals surface area contributed by atoms with Crippen LogP contribution in [0.15, 0.2) is 43.0 Å². The van der Waals surface area contributed by atoms with Gasteiger partial charge in [0, 0.05) is 0 Å². The smallest absolute Gasteiger partial charge is 0.0927 e. The third kappa shape index (κ3) is 1.61. The molecule has 1 aliphatic rings. The Kier molecular flexibility index (Phi) is 2.66. The molecule has 0 saturated heterocycles. The predicted molar refractivity (Wildman–Crippen MR) is 62.4 cm³/mol. The van der Waals surface area contributed by atoms with Gasteiger partial charge in [-0.25, -0.2) is 0 Å². The van der Waals surface area contributed by atoms with E-state index in [0.717, 1.165) is 18.4 Å². The summed E-state index contributed by atoms with van der Waals surface area (Å²) in [5.41, 5.74) is 0.391. The first-order valence-electron chi connectivity index (χ1n) is 5.59. The highest BCUT2D eigenvalue weighted by molar-refractivity contribution is 5.25. The van der Waals surface area contributed by atoms with Gasteiger partial charge >= 0.3 is 0 Å². The van der Waals surface area contributed by atoms with Crippen molar-refractivity contribution in [2.24, 2.45) is 11.8 Å². The van der Waals surface area contributed by atoms with Gasteiger partial charge in [0.2, 0.25) is 0 Å². The summed E-state index contributed by atoms with van der Waals surface area (Å²) in [5.74, 6) is 0.701. The zero-order valence-electron chi connectivity index (χ0n) is 9.19. The molecule has 1 heteroatoms. The van der Waals surface area contributed by atoms with Gasteiger partial charge in [0.15, 0.2) is 0 Å². The first kappa shape index (κ1) is 10.4. The molecule has 0 unspecified atom stereocenters. The summed E-state index contributed by atoms with van der Waals surface area (Å²) in [6.45, 7) is 5.96. The van der Waals surface area contributed by atoms with Gasteiger partial charge in [0.1, 0.15) is 0 Å². The molecule has 1 aliphatic carbocycles. The fourth-order valence-corrected chi connectivity index (χ4v) is 2.67. The molecule has 3 atom stereocenters.